The molecule has 0 amide bonds. The van der Waals surface area contributed by atoms with Crippen LogP contribution in [0, 0.1) is 6.92 Å². The summed E-state index contributed by atoms with van der Waals surface area (Å²) in [6.07, 6.45) is 0. The summed E-state index contributed by atoms with van der Waals surface area (Å²) < 4.78 is 7.07. The van der Waals surface area contributed by atoms with Crippen molar-refractivity contribution in [1.29, 1.82) is 0 Å². The molecule has 104 valence electrons. The Kier molecular flexibility index (Phi) is 4.86. The number of thioether (sulfide) groups is 1. The maximum absolute atomic E-state index is 5.30. The van der Waals surface area contributed by atoms with E-state index in [1.807, 2.05) is 0 Å². The van der Waals surface area contributed by atoms with Gasteiger partial charge in [0.2, 0.25) is 16.9 Å². The van der Waals surface area contributed by atoms with Crippen molar-refractivity contribution < 1.29 is 4.42 Å². The van der Waals surface area contributed by atoms with Crippen LogP contribution in [0.25, 0.3) is 0 Å². The van der Waals surface area contributed by atoms with Gasteiger partial charge in [0.1, 0.15) is 0 Å². The molecule has 0 unspecified atom stereocenters. The predicted molar refractivity (Wildman–Crippen MR) is 69.6 cm³/mol. The Morgan fingerprint density at radius 3 is 2.84 bits per heavy atom. The highest BCUT2D eigenvalue weighted by atomic mass is 32.2. The number of hydrogen-bond acceptors (Lipinski definition) is 8. The highest BCUT2D eigenvalue weighted by molar-refractivity contribution is 7.98. The minimum atomic E-state index is 0.453. The summed E-state index contributed by atoms with van der Waals surface area (Å²) in [5.41, 5.74) is 0. The van der Waals surface area contributed by atoms with Gasteiger partial charge < -0.3 is 9.73 Å². The number of tetrazole rings is 1. The lowest BCUT2D eigenvalue weighted by atomic mass is 10.4. The first-order valence-electron chi connectivity index (χ1n) is 6.06. The highest BCUT2D eigenvalue weighted by Crippen LogP contribution is 2.18. The SMILES string of the molecule is Cc1nnc(CSc2nnnn2CCNC(C)C)o1. The standard InChI is InChI=1S/C10H17N7OS/c1-7(2)11-4-5-17-10(14-15-16-17)19-6-9-13-12-8(3)18-9/h7,11H,4-6H2,1-3H3. The second kappa shape index (κ2) is 6.62. The van der Waals surface area contributed by atoms with Crippen LogP contribution in [0.1, 0.15) is 25.6 Å². The van der Waals surface area contributed by atoms with Gasteiger partial charge in [0.25, 0.3) is 0 Å². The highest BCUT2D eigenvalue weighted by Gasteiger charge is 2.09. The molecule has 0 spiro atoms. The maximum Gasteiger partial charge on any atom is 0.226 e. The van der Waals surface area contributed by atoms with Crippen LogP contribution in [0.4, 0.5) is 0 Å². The summed E-state index contributed by atoms with van der Waals surface area (Å²) in [6.45, 7) is 7.54. The van der Waals surface area contributed by atoms with Crippen molar-refractivity contribution in [3.05, 3.63) is 11.8 Å². The molecular weight excluding hydrogens is 266 g/mol. The third kappa shape index (κ3) is 4.28. The second-order valence-corrected chi connectivity index (χ2v) is 5.24. The number of aromatic nitrogens is 6. The minimum absolute atomic E-state index is 0.453. The molecule has 2 aromatic heterocycles. The van der Waals surface area contributed by atoms with Gasteiger partial charge >= 0.3 is 0 Å². The van der Waals surface area contributed by atoms with Gasteiger partial charge in [-0.15, -0.1) is 15.3 Å². The summed E-state index contributed by atoms with van der Waals surface area (Å²) in [5.74, 6) is 1.72. The van der Waals surface area contributed by atoms with Crippen LogP contribution >= 0.6 is 11.8 Å². The van der Waals surface area contributed by atoms with Crippen LogP contribution in [0.2, 0.25) is 0 Å². The molecule has 19 heavy (non-hydrogen) atoms. The third-order valence-electron chi connectivity index (χ3n) is 2.27. The fourth-order valence-electron chi connectivity index (χ4n) is 1.42. The van der Waals surface area contributed by atoms with Crippen LogP contribution in [0.5, 0.6) is 0 Å². The smallest absolute Gasteiger partial charge is 0.226 e. The van der Waals surface area contributed by atoms with Crippen LogP contribution in [-0.4, -0.2) is 43.0 Å². The average Bonchev–Trinajstić information content (AvgIpc) is 2.95. The van der Waals surface area contributed by atoms with Gasteiger partial charge in [0, 0.05) is 19.5 Å². The van der Waals surface area contributed by atoms with Crippen molar-refractivity contribution in [3.63, 3.8) is 0 Å². The number of nitrogens with one attached hydrogen (secondary N) is 1. The molecule has 9 heteroatoms. The van der Waals surface area contributed by atoms with Gasteiger partial charge in [-0.1, -0.05) is 25.6 Å². The number of rotatable bonds is 7. The number of nitrogens with zero attached hydrogens (tertiary/aromatic N) is 6. The van der Waals surface area contributed by atoms with Crippen LogP contribution in [0.15, 0.2) is 9.57 Å². The van der Waals surface area contributed by atoms with E-state index in [4.69, 9.17) is 4.42 Å². The summed E-state index contributed by atoms with van der Waals surface area (Å²) in [7, 11) is 0. The Hall–Kier alpha value is -1.48. The maximum atomic E-state index is 5.30. The van der Waals surface area contributed by atoms with Gasteiger partial charge in [-0.05, 0) is 10.4 Å². The fourth-order valence-corrected chi connectivity index (χ4v) is 2.16. The predicted octanol–water partition coefficient (Wildman–Crippen LogP) is 0.655. The van der Waals surface area contributed by atoms with Gasteiger partial charge in [-0.25, -0.2) is 4.68 Å². The first kappa shape index (κ1) is 13.9. The Balaban J connectivity index is 1.85. The molecule has 1 N–H and O–H groups in total. The minimum Gasteiger partial charge on any atom is -0.425 e. The first-order chi connectivity index (χ1) is 9.15. The summed E-state index contributed by atoms with van der Waals surface area (Å²) in [4.78, 5) is 0. The van der Waals surface area contributed by atoms with Gasteiger partial charge in [-0.3, -0.25) is 0 Å². The van der Waals surface area contributed by atoms with E-state index >= 15 is 0 Å². The largest absolute Gasteiger partial charge is 0.425 e. The zero-order valence-electron chi connectivity index (χ0n) is 11.2. The Morgan fingerprint density at radius 2 is 2.16 bits per heavy atom. The molecule has 0 aliphatic rings. The van der Waals surface area contributed by atoms with Gasteiger partial charge in [0.15, 0.2) is 0 Å². The van der Waals surface area contributed by atoms with E-state index in [1.54, 1.807) is 11.6 Å². The molecule has 0 fully saturated rings. The molecule has 0 bridgehead atoms. The quantitative estimate of drug-likeness (QED) is 0.740. The van der Waals surface area contributed by atoms with E-state index in [2.05, 4.69) is 44.9 Å². The van der Waals surface area contributed by atoms with Crippen molar-refractivity contribution in [1.82, 2.24) is 35.7 Å². The zero-order chi connectivity index (χ0) is 13.7. The van der Waals surface area contributed by atoms with E-state index in [0.29, 0.717) is 23.6 Å². The lowest BCUT2D eigenvalue weighted by Crippen LogP contribution is -2.27. The monoisotopic (exact) mass is 283 g/mol. The number of hydrogen-bond donors (Lipinski definition) is 1. The molecule has 0 radical (unpaired) electrons. The molecular formula is C10H17N7OS. The van der Waals surface area contributed by atoms with E-state index in [-0.39, 0.29) is 0 Å². The Morgan fingerprint density at radius 1 is 1.32 bits per heavy atom. The lowest BCUT2D eigenvalue weighted by molar-refractivity contribution is 0.480. The lowest BCUT2D eigenvalue weighted by Gasteiger charge is -2.08. The topological polar surface area (TPSA) is 94.5 Å². The third-order valence-corrected chi connectivity index (χ3v) is 3.21. The molecule has 0 atom stereocenters. The molecule has 0 aromatic carbocycles. The number of aryl methyl sites for hydroxylation is 1. The normalized spacial score (nSPS) is 11.4. The van der Waals surface area contributed by atoms with E-state index in [1.165, 1.54) is 11.8 Å². The molecule has 2 heterocycles. The molecule has 8 nitrogen and oxygen atoms in total. The first-order valence-corrected chi connectivity index (χ1v) is 7.05. The zero-order valence-corrected chi connectivity index (χ0v) is 12.0. The summed E-state index contributed by atoms with van der Waals surface area (Å²) in [5, 5.41) is 23.4. The summed E-state index contributed by atoms with van der Waals surface area (Å²) >= 11 is 1.48. The van der Waals surface area contributed by atoms with Crippen molar-refractivity contribution >= 4 is 11.8 Å². The van der Waals surface area contributed by atoms with E-state index in [0.717, 1.165) is 18.2 Å². The Labute approximate surface area is 115 Å². The van der Waals surface area contributed by atoms with Crippen LogP contribution < -0.4 is 5.32 Å². The average molecular weight is 283 g/mol. The molecule has 0 aliphatic carbocycles. The van der Waals surface area contributed by atoms with Crippen LogP contribution in [-0.2, 0) is 12.3 Å². The van der Waals surface area contributed by atoms with Crippen molar-refractivity contribution in [2.24, 2.45) is 0 Å². The van der Waals surface area contributed by atoms with Gasteiger partial charge in [0.05, 0.1) is 12.3 Å². The summed E-state index contributed by atoms with van der Waals surface area (Å²) in [6, 6.07) is 0.453. The van der Waals surface area contributed by atoms with E-state index in [9.17, 15) is 0 Å². The molecule has 0 saturated carbocycles. The Bertz CT molecular complexity index is 509. The van der Waals surface area contributed by atoms with Crippen molar-refractivity contribution in [2.75, 3.05) is 6.54 Å². The molecule has 2 rings (SSSR count). The van der Waals surface area contributed by atoms with Crippen molar-refractivity contribution in [3.8, 4) is 0 Å². The van der Waals surface area contributed by atoms with Crippen LogP contribution in [0.3, 0.4) is 0 Å². The fraction of sp³-hybridized carbons (Fsp3) is 0.700. The molecule has 0 aliphatic heterocycles. The molecule has 0 saturated heterocycles. The van der Waals surface area contributed by atoms with E-state index < -0.39 is 0 Å². The second-order valence-electron chi connectivity index (χ2n) is 4.30. The molecule has 2 aromatic rings. The van der Waals surface area contributed by atoms with Crippen molar-refractivity contribution in [2.45, 2.75) is 44.3 Å². The van der Waals surface area contributed by atoms with Gasteiger partial charge in [-0.2, -0.15) is 0 Å².